The lowest BCUT2D eigenvalue weighted by Crippen LogP contribution is -2.36. The molecule has 2 atom stereocenters. The minimum Gasteiger partial charge on any atom is -0.316 e. The molecular weight excluding hydrogens is 272 g/mol. The van der Waals surface area contributed by atoms with Gasteiger partial charge in [0, 0.05) is 28.3 Å². The van der Waals surface area contributed by atoms with Crippen molar-refractivity contribution in [3.8, 4) is 0 Å². The molecular formula is C15H22N2O2S. The van der Waals surface area contributed by atoms with Crippen LogP contribution in [0.2, 0.25) is 0 Å². The van der Waals surface area contributed by atoms with E-state index in [0.717, 1.165) is 4.90 Å². The predicted molar refractivity (Wildman–Crippen MR) is 83.3 cm³/mol. The van der Waals surface area contributed by atoms with Crippen LogP contribution in [0.15, 0.2) is 29.2 Å². The highest BCUT2D eigenvalue weighted by Crippen LogP contribution is 2.33. The van der Waals surface area contributed by atoms with Gasteiger partial charge in [-0.1, -0.05) is 25.7 Å². The van der Waals surface area contributed by atoms with Gasteiger partial charge in [0.2, 0.25) is 0 Å². The first-order valence-electron chi connectivity index (χ1n) is 7.29. The van der Waals surface area contributed by atoms with E-state index in [1.165, 1.54) is 38.5 Å². The first-order chi connectivity index (χ1) is 9.70. The second kappa shape index (κ2) is 7.64. The Bertz CT molecular complexity index is 436. The number of hydrogen-bond acceptors (Lipinski definition) is 4. The number of nitro groups is 1. The third-order valence-corrected chi connectivity index (χ3v) is 5.32. The fourth-order valence-corrected chi connectivity index (χ4v) is 4.11. The standard InChI is InChI=1S/C15H22N2O2S/c1-16-14-6-4-2-3-5-7-15(14)20-13-10-8-12(9-11-13)17(18)19/h8-11,14-16H,2-7H2,1H3. The van der Waals surface area contributed by atoms with Gasteiger partial charge in [-0.25, -0.2) is 0 Å². The minimum absolute atomic E-state index is 0.164. The summed E-state index contributed by atoms with van der Waals surface area (Å²) in [5, 5.41) is 14.7. The fourth-order valence-electron chi connectivity index (χ4n) is 2.74. The van der Waals surface area contributed by atoms with Gasteiger partial charge in [-0.3, -0.25) is 10.1 Å². The molecule has 0 amide bonds. The second-order valence-corrected chi connectivity index (χ2v) is 6.61. The number of thioether (sulfide) groups is 1. The Balaban J connectivity index is 2.03. The molecule has 4 nitrogen and oxygen atoms in total. The molecule has 0 radical (unpaired) electrons. The molecule has 0 aliphatic heterocycles. The highest BCUT2D eigenvalue weighted by Gasteiger charge is 2.22. The third-order valence-electron chi connectivity index (χ3n) is 3.91. The van der Waals surface area contributed by atoms with E-state index in [1.54, 1.807) is 12.1 Å². The van der Waals surface area contributed by atoms with E-state index in [0.29, 0.717) is 11.3 Å². The molecule has 110 valence electrons. The zero-order valence-corrected chi connectivity index (χ0v) is 12.7. The van der Waals surface area contributed by atoms with Crippen molar-refractivity contribution in [2.45, 2.75) is 54.7 Å². The van der Waals surface area contributed by atoms with Crippen molar-refractivity contribution in [3.05, 3.63) is 34.4 Å². The van der Waals surface area contributed by atoms with Gasteiger partial charge in [0.25, 0.3) is 5.69 Å². The summed E-state index contributed by atoms with van der Waals surface area (Å²) in [5.41, 5.74) is 0.164. The largest absolute Gasteiger partial charge is 0.316 e. The molecule has 1 aromatic carbocycles. The van der Waals surface area contributed by atoms with Gasteiger partial charge < -0.3 is 5.32 Å². The van der Waals surface area contributed by atoms with Gasteiger partial charge in [0.05, 0.1) is 4.92 Å². The Labute approximate surface area is 124 Å². The van der Waals surface area contributed by atoms with E-state index in [1.807, 2.05) is 30.9 Å². The van der Waals surface area contributed by atoms with Crippen LogP contribution in [0, 0.1) is 10.1 Å². The summed E-state index contributed by atoms with van der Waals surface area (Å²) in [6, 6.07) is 7.47. The van der Waals surface area contributed by atoms with Crippen molar-refractivity contribution in [2.24, 2.45) is 0 Å². The SMILES string of the molecule is CNC1CCCCCCC1Sc1ccc([N+](=O)[O-])cc1. The molecule has 0 bridgehead atoms. The van der Waals surface area contributed by atoms with Crippen LogP contribution in [0.1, 0.15) is 38.5 Å². The van der Waals surface area contributed by atoms with E-state index in [9.17, 15) is 10.1 Å². The maximum atomic E-state index is 10.7. The van der Waals surface area contributed by atoms with Crippen LogP contribution < -0.4 is 5.32 Å². The van der Waals surface area contributed by atoms with Crippen LogP contribution in [0.5, 0.6) is 0 Å². The molecule has 1 saturated carbocycles. The van der Waals surface area contributed by atoms with Crippen LogP contribution in [-0.4, -0.2) is 23.3 Å². The fraction of sp³-hybridized carbons (Fsp3) is 0.600. The van der Waals surface area contributed by atoms with Crippen molar-refractivity contribution in [2.75, 3.05) is 7.05 Å². The van der Waals surface area contributed by atoms with Gasteiger partial charge in [-0.2, -0.15) is 0 Å². The molecule has 1 aromatic rings. The number of rotatable bonds is 4. The molecule has 1 N–H and O–H groups in total. The Morgan fingerprint density at radius 2 is 1.80 bits per heavy atom. The first-order valence-corrected chi connectivity index (χ1v) is 8.17. The first kappa shape index (κ1) is 15.3. The second-order valence-electron chi connectivity index (χ2n) is 5.29. The van der Waals surface area contributed by atoms with Gasteiger partial charge in [0.15, 0.2) is 0 Å². The van der Waals surface area contributed by atoms with Crippen molar-refractivity contribution in [1.29, 1.82) is 0 Å². The Morgan fingerprint density at radius 1 is 1.15 bits per heavy atom. The monoisotopic (exact) mass is 294 g/mol. The summed E-state index contributed by atoms with van der Waals surface area (Å²) in [6.07, 6.45) is 7.68. The summed E-state index contributed by atoms with van der Waals surface area (Å²) in [7, 11) is 2.04. The zero-order chi connectivity index (χ0) is 14.4. The van der Waals surface area contributed by atoms with Crippen LogP contribution in [-0.2, 0) is 0 Å². The van der Waals surface area contributed by atoms with E-state index >= 15 is 0 Å². The summed E-state index contributed by atoms with van der Waals surface area (Å²) in [4.78, 5) is 11.5. The van der Waals surface area contributed by atoms with Gasteiger partial charge in [-0.05, 0) is 32.0 Å². The quantitative estimate of drug-likeness (QED) is 0.673. The summed E-state index contributed by atoms with van der Waals surface area (Å²) in [6.45, 7) is 0. The smallest absolute Gasteiger partial charge is 0.269 e. The van der Waals surface area contributed by atoms with Gasteiger partial charge in [-0.15, -0.1) is 11.8 Å². The average molecular weight is 294 g/mol. The Hall–Kier alpha value is -1.07. The van der Waals surface area contributed by atoms with Crippen molar-refractivity contribution in [3.63, 3.8) is 0 Å². The molecule has 0 aromatic heterocycles. The van der Waals surface area contributed by atoms with E-state index in [4.69, 9.17) is 0 Å². The van der Waals surface area contributed by atoms with Crippen molar-refractivity contribution >= 4 is 17.4 Å². The highest BCUT2D eigenvalue weighted by molar-refractivity contribution is 8.00. The Morgan fingerprint density at radius 3 is 2.40 bits per heavy atom. The number of nitrogens with one attached hydrogen (secondary N) is 1. The maximum Gasteiger partial charge on any atom is 0.269 e. The molecule has 2 unspecified atom stereocenters. The molecule has 0 heterocycles. The number of non-ortho nitro benzene ring substituents is 1. The number of nitro benzene ring substituents is 1. The lowest BCUT2D eigenvalue weighted by atomic mass is 9.96. The van der Waals surface area contributed by atoms with Gasteiger partial charge >= 0.3 is 0 Å². The van der Waals surface area contributed by atoms with Crippen LogP contribution >= 0.6 is 11.8 Å². The molecule has 0 spiro atoms. The Kier molecular flexibility index (Phi) is 5.86. The molecule has 1 aliphatic carbocycles. The summed E-state index contributed by atoms with van der Waals surface area (Å²) in [5.74, 6) is 0. The molecule has 2 rings (SSSR count). The molecule has 1 fully saturated rings. The van der Waals surface area contributed by atoms with Crippen LogP contribution in [0.25, 0.3) is 0 Å². The van der Waals surface area contributed by atoms with Gasteiger partial charge in [0.1, 0.15) is 0 Å². The normalized spacial score (nSPS) is 23.9. The average Bonchev–Trinajstić information content (AvgIpc) is 2.43. The zero-order valence-electron chi connectivity index (χ0n) is 11.9. The molecule has 20 heavy (non-hydrogen) atoms. The number of nitrogens with zero attached hydrogens (tertiary/aromatic N) is 1. The third kappa shape index (κ3) is 4.21. The molecule has 5 heteroatoms. The summed E-state index contributed by atoms with van der Waals surface area (Å²) < 4.78 is 0. The van der Waals surface area contributed by atoms with Crippen LogP contribution in [0.4, 0.5) is 5.69 Å². The van der Waals surface area contributed by atoms with Crippen molar-refractivity contribution in [1.82, 2.24) is 5.32 Å². The molecule has 1 aliphatic rings. The van der Waals surface area contributed by atoms with Crippen LogP contribution in [0.3, 0.4) is 0 Å². The highest BCUT2D eigenvalue weighted by atomic mass is 32.2. The number of benzene rings is 1. The van der Waals surface area contributed by atoms with Crippen molar-refractivity contribution < 1.29 is 4.92 Å². The maximum absolute atomic E-state index is 10.7. The minimum atomic E-state index is -0.347. The topological polar surface area (TPSA) is 55.2 Å². The van der Waals surface area contributed by atoms with E-state index in [2.05, 4.69) is 5.32 Å². The molecule has 0 saturated heterocycles. The van der Waals surface area contributed by atoms with E-state index < -0.39 is 0 Å². The lowest BCUT2D eigenvalue weighted by Gasteiger charge is -2.28. The summed E-state index contributed by atoms with van der Waals surface area (Å²) >= 11 is 1.86. The lowest BCUT2D eigenvalue weighted by molar-refractivity contribution is -0.384. The predicted octanol–water partition coefficient (Wildman–Crippen LogP) is 4.00. The van der Waals surface area contributed by atoms with E-state index in [-0.39, 0.29) is 10.6 Å². The number of hydrogen-bond donors (Lipinski definition) is 1.